The fourth-order valence-corrected chi connectivity index (χ4v) is 6.86. The van der Waals surface area contributed by atoms with Crippen molar-refractivity contribution in [3.05, 3.63) is 97.9 Å². The number of carbonyl (C=O) groups excluding carboxylic acids is 2. The monoisotopic (exact) mass is 523 g/mol. The van der Waals surface area contributed by atoms with E-state index < -0.39 is 17.4 Å². The summed E-state index contributed by atoms with van der Waals surface area (Å²) >= 11 is 6.90. The largest absolute Gasteiger partial charge is 0.379 e. The SMILES string of the molecule is O=C1[C@H]2C3c4ccccc4C(O)(c4ccccc43)[C@H]2C(=O)N1c1ccc(Br)cc1Br. The van der Waals surface area contributed by atoms with Crippen LogP contribution in [0, 0.1) is 11.8 Å². The van der Waals surface area contributed by atoms with Crippen LogP contribution >= 0.6 is 31.9 Å². The fourth-order valence-electron chi connectivity index (χ4n) is 5.63. The normalized spacial score (nSPS) is 28.4. The third kappa shape index (κ3) is 2.09. The van der Waals surface area contributed by atoms with Gasteiger partial charge in [-0.1, -0.05) is 64.5 Å². The summed E-state index contributed by atoms with van der Waals surface area (Å²) < 4.78 is 1.49. The highest BCUT2D eigenvalue weighted by Gasteiger charge is 2.68. The van der Waals surface area contributed by atoms with Crippen molar-refractivity contribution in [2.45, 2.75) is 11.5 Å². The molecule has 1 heterocycles. The van der Waals surface area contributed by atoms with Gasteiger partial charge in [0, 0.05) is 14.9 Å². The number of hydrogen-bond acceptors (Lipinski definition) is 3. The number of carbonyl (C=O) groups is 2. The van der Waals surface area contributed by atoms with Crippen LogP contribution in [0.15, 0.2) is 75.7 Å². The summed E-state index contributed by atoms with van der Waals surface area (Å²) in [6.07, 6.45) is 0. The van der Waals surface area contributed by atoms with Crippen LogP contribution in [0.3, 0.4) is 0 Å². The van der Waals surface area contributed by atoms with E-state index in [9.17, 15) is 14.7 Å². The molecule has 3 aromatic rings. The van der Waals surface area contributed by atoms with Crippen molar-refractivity contribution in [2.24, 2.45) is 11.8 Å². The number of nitrogens with zero attached hydrogens (tertiary/aromatic N) is 1. The van der Waals surface area contributed by atoms with E-state index in [4.69, 9.17) is 0 Å². The van der Waals surface area contributed by atoms with Gasteiger partial charge in [-0.15, -0.1) is 0 Å². The van der Waals surface area contributed by atoms with Crippen molar-refractivity contribution in [1.29, 1.82) is 0 Å². The molecular formula is C24H15Br2NO3. The first-order chi connectivity index (χ1) is 14.4. The molecule has 0 saturated carbocycles. The number of amides is 2. The van der Waals surface area contributed by atoms with Gasteiger partial charge in [0.2, 0.25) is 11.8 Å². The molecule has 0 spiro atoms. The van der Waals surface area contributed by atoms with Gasteiger partial charge in [-0.2, -0.15) is 0 Å². The molecule has 2 atom stereocenters. The second-order valence-corrected chi connectivity index (χ2v) is 9.80. The highest BCUT2D eigenvalue weighted by molar-refractivity contribution is 9.11. The molecule has 7 rings (SSSR count). The lowest BCUT2D eigenvalue weighted by Crippen LogP contribution is -2.53. The molecule has 0 radical (unpaired) electrons. The molecule has 30 heavy (non-hydrogen) atoms. The first-order valence-electron chi connectivity index (χ1n) is 9.68. The van der Waals surface area contributed by atoms with Crippen molar-refractivity contribution in [3.63, 3.8) is 0 Å². The van der Waals surface area contributed by atoms with Crippen LogP contribution in [0.2, 0.25) is 0 Å². The molecule has 148 valence electrons. The average Bonchev–Trinajstić information content (AvgIpc) is 3.01. The predicted octanol–water partition coefficient (Wildman–Crippen LogP) is 4.71. The van der Waals surface area contributed by atoms with Crippen molar-refractivity contribution in [2.75, 3.05) is 4.90 Å². The van der Waals surface area contributed by atoms with E-state index in [1.54, 1.807) is 12.1 Å². The number of rotatable bonds is 1. The number of hydrogen-bond donors (Lipinski definition) is 1. The molecule has 2 amide bonds. The Balaban J connectivity index is 1.62. The molecule has 3 aliphatic carbocycles. The molecule has 0 aromatic heterocycles. The minimum Gasteiger partial charge on any atom is -0.379 e. The van der Waals surface area contributed by atoms with E-state index in [0.717, 1.165) is 26.7 Å². The fraction of sp³-hybridized carbons (Fsp3) is 0.167. The summed E-state index contributed by atoms with van der Waals surface area (Å²) in [6.45, 7) is 0. The second-order valence-electron chi connectivity index (χ2n) is 8.03. The maximum Gasteiger partial charge on any atom is 0.241 e. The van der Waals surface area contributed by atoms with E-state index in [0.29, 0.717) is 10.2 Å². The molecule has 6 heteroatoms. The van der Waals surface area contributed by atoms with Crippen LogP contribution < -0.4 is 4.90 Å². The van der Waals surface area contributed by atoms with Crippen LogP contribution in [0.4, 0.5) is 5.69 Å². The Morgan fingerprint density at radius 2 is 1.43 bits per heavy atom. The van der Waals surface area contributed by atoms with Gasteiger partial charge in [0.25, 0.3) is 0 Å². The zero-order valence-corrected chi connectivity index (χ0v) is 18.7. The Morgan fingerprint density at radius 3 is 2.03 bits per heavy atom. The second kappa shape index (κ2) is 6.13. The third-order valence-electron chi connectivity index (χ3n) is 6.72. The molecule has 2 bridgehead atoms. The predicted molar refractivity (Wildman–Crippen MR) is 119 cm³/mol. The Kier molecular flexibility index (Phi) is 3.77. The van der Waals surface area contributed by atoms with Crippen molar-refractivity contribution >= 4 is 49.4 Å². The lowest BCUT2D eigenvalue weighted by Gasteiger charge is -2.51. The summed E-state index contributed by atoms with van der Waals surface area (Å²) in [5.74, 6) is -2.37. The molecular weight excluding hydrogens is 510 g/mol. The van der Waals surface area contributed by atoms with Crippen LogP contribution in [0.1, 0.15) is 28.2 Å². The summed E-state index contributed by atoms with van der Waals surface area (Å²) in [5, 5.41) is 12.1. The quantitative estimate of drug-likeness (QED) is 0.469. The van der Waals surface area contributed by atoms with Crippen LogP contribution in [0.5, 0.6) is 0 Å². The topological polar surface area (TPSA) is 57.6 Å². The van der Waals surface area contributed by atoms with Gasteiger partial charge in [0.15, 0.2) is 0 Å². The van der Waals surface area contributed by atoms with Gasteiger partial charge >= 0.3 is 0 Å². The minimum atomic E-state index is -1.53. The standard InChI is InChI=1S/C24H15Br2NO3/c25-12-9-10-18(17(26)11-12)27-22(28)20-19-13-5-1-3-7-15(13)24(30,21(20)23(27)29)16-8-4-2-6-14(16)19/h1-11,19-21,30H/t19?,20-,21+,24?/m0/s1. The molecule has 3 aromatic carbocycles. The Labute approximate surface area is 189 Å². The van der Waals surface area contributed by atoms with Crippen molar-refractivity contribution in [3.8, 4) is 0 Å². The average molecular weight is 525 g/mol. The molecule has 4 nitrogen and oxygen atoms in total. The van der Waals surface area contributed by atoms with Gasteiger partial charge in [-0.25, -0.2) is 4.90 Å². The van der Waals surface area contributed by atoms with Crippen LogP contribution in [-0.2, 0) is 15.2 Å². The highest BCUT2D eigenvalue weighted by Crippen LogP contribution is 2.63. The zero-order chi connectivity index (χ0) is 20.8. The molecule has 0 unspecified atom stereocenters. The van der Waals surface area contributed by atoms with Gasteiger partial charge in [-0.3, -0.25) is 9.59 Å². The zero-order valence-electron chi connectivity index (χ0n) is 15.5. The minimum absolute atomic E-state index is 0.257. The lowest BCUT2D eigenvalue weighted by molar-refractivity contribution is -0.133. The molecule has 1 aliphatic heterocycles. The summed E-state index contributed by atoms with van der Waals surface area (Å²) in [4.78, 5) is 28.7. The molecule has 1 fully saturated rings. The third-order valence-corrected chi connectivity index (χ3v) is 7.85. The number of halogens is 2. The van der Waals surface area contributed by atoms with E-state index in [1.807, 2.05) is 54.6 Å². The highest BCUT2D eigenvalue weighted by atomic mass is 79.9. The van der Waals surface area contributed by atoms with Gasteiger partial charge in [0.05, 0.1) is 17.5 Å². The van der Waals surface area contributed by atoms with E-state index in [1.165, 1.54) is 4.90 Å². The maximum absolute atomic E-state index is 13.7. The Morgan fingerprint density at radius 1 is 0.833 bits per heavy atom. The number of aliphatic hydroxyl groups is 1. The Hall–Kier alpha value is -2.28. The first kappa shape index (κ1) is 18.5. The van der Waals surface area contributed by atoms with Crippen molar-refractivity contribution in [1.82, 2.24) is 0 Å². The van der Waals surface area contributed by atoms with Crippen LogP contribution in [-0.4, -0.2) is 16.9 Å². The Bertz CT molecular complexity index is 1220. The van der Waals surface area contributed by atoms with Gasteiger partial charge < -0.3 is 5.11 Å². The van der Waals surface area contributed by atoms with Gasteiger partial charge in [-0.05, 0) is 56.4 Å². The summed E-state index contributed by atoms with van der Waals surface area (Å²) in [6, 6.07) is 20.6. The van der Waals surface area contributed by atoms with Crippen molar-refractivity contribution < 1.29 is 14.7 Å². The van der Waals surface area contributed by atoms with E-state index in [-0.39, 0.29) is 17.7 Å². The van der Waals surface area contributed by atoms with Crippen LogP contribution in [0.25, 0.3) is 0 Å². The smallest absolute Gasteiger partial charge is 0.241 e. The lowest BCUT2D eigenvalue weighted by atomic mass is 9.52. The molecule has 1 N–H and O–H groups in total. The molecule has 1 saturated heterocycles. The molecule has 4 aliphatic rings. The maximum atomic E-state index is 13.7. The number of imide groups is 1. The summed E-state index contributed by atoms with van der Waals surface area (Å²) in [7, 11) is 0. The van der Waals surface area contributed by atoms with E-state index in [2.05, 4.69) is 31.9 Å². The number of anilines is 1. The van der Waals surface area contributed by atoms with E-state index >= 15 is 0 Å². The number of benzene rings is 3. The summed E-state index contributed by atoms with van der Waals surface area (Å²) in [5.41, 5.74) is 2.28. The first-order valence-corrected chi connectivity index (χ1v) is 11.3. The van der Waals surface area contributed by atoms with Gasteiger partial charge in [0.1, 0.15) is 5.60 Å².